The van der Waals surface area contributed by atoms with E-state index in [1.807, 2.05) is 18.2 Å². The maximum Gasteiger partial charge on any atom is 0.408 e. The fourth-order valence-corrected chi connectivity index (χ4v) is 6.96. The number of pyridine rings is 2. The second-order valence-corrected chi connectivity index (χ2v) is 14.4. The standard InChI is InChI=1S/C37H43N7O7/c1-36(2,3)51-35(50)41-28-14-8-6-4-5-7-13-25-18-37(25,34(48)49)42-31(45)29-17-26(22-43(29)32(28)46)44-33(47)30(24-12-10-16-39-20-24)27(21-40-44)23-11-9-15-38-19-23/h7,9-13,15-16,19-21,25-26,28-29H,4-6,8,14,17-18,22H2,1-3H3,(H,41,50)(H,42,45)(H,48,49)/b13-7-/t25-,26+,28+,29+,37-/m1/s1. The number of hydrogen-bond acceptors (Lipinski definition) is 9. The van der Waals surface area contributed by atoms with Gasteiger partial charge in [-0.15, -0.1) is 0 Å². The summed E-state index contributed by atoms with van der Waals surface area (Å²) in [5.74, 6) is -2.72. The van der Waals surface area contributed by atoms with Crippen LogP contribution in [0.2, 0.25) is 0 Å². The lowest BCUT2D eigenvalue weighted by Crippen LogP contribution is -2.56. The van der Waals surface area contributed by atoms with E-state index in [1.165, 1.54) is 9.58 Å². The summed E-state index contributed by atoms with van der Waals surface area (Å²) in [4.78, 5) is 78.1. The second kappa shape index (κ2) is 14.4. The molecule has 3 aromatic rings. The minimum atomic E-state index is -1.50. The number of carboxylic acid groups (broad SMARTS) is 1. The molecule has 0 aromatic carbocycles. The predicted octanol–water partition coefficient (Wildman–Crippen LogP) is 3.88. The van der Waals surface area contributed by atoms with Crippen molar-refractivity contribution < 1.29 is 29.0 Å². The topological polar surface area (TPSA) is 186 Å². The zero-order valence-corrected chi connectivity index (χ0v) is 28.9. The van der Waals surface area contributed by atoms with Crippen molar-refractivity contribution in [2.45, 2.75) is 95.0 Å². The van der Waals surface area contributed by atoms with Crippen molar-refractivity contribution in [3.05, 3.63) is 77.8 Å². The van der Waals surface area contributed by atoms with E-state index in [4.69, 9.17) is 4.74 Å². The van der Waals surface area contributed by atoms with E-state index < -0.39 is 64.6 Å². The molecule has 268 valence electrons. The molecule has 14 heteroatoms. The summed E-state index contributed by atoms with van der Waals surface area (Å²) in [6.45, 7) is 5.07. The summed E-state index contributed by atoms with van der Waals surface area (Å²) in [6, 6.07) is 4.13. The summed E-state index contributed by atoms with van der Waals surface area (Å²) in [5, 5.41) is 20.2. The fourth-order valence-electron chi connectivity index (χ4n) is 6.96. The first-order valence-corrected chi connectivity index (χ1v) is 17.3. The highest BCUT2D eigenvalue weighted by Crippen LogP contribution is 2.45. The molecule has 0 bridgehead atoms. The molecule has 0 radical (unpaired) electrons. The zero-order chi connectivity index (χ0) is 36.3. The number of hydrogen-bond donors (Lipinski definition) is 3. The number of allylic oxidation sites excluding steroid dienone is 1. The summed E-state index contributed by atoms with van der Waals surface area (Å²) in [5.41, 5.74) is -0.676. The Balaban J connectivity index is 1.39. The van der Waals surface area contributed by atoms with Gasteiger partial charge in [0.15, 0.2) is 0 Å². The number of alkyl carbamates (subject to hydrolysis) is 1. The van der Waals surface area contributed by atoms with E-state index in [2.05, 4.69) is 25.7 Å². The van der Waals surface area contributed by atoms with Crippen LogP contribution >= 0.6 is 0 Å². The van der Waals surface area contributed by atoms with Gasteiger partial charge in [0.25, 0.3) is 5.56 Å². The van der Waals surface area contributed by atoms with Crippen LogP contribution in [0.25, 0.3) is 22.3 Å². The van der Waals surface area contributed by atoms with Gasteiger partial charge < -0.3 is 25.4 Å². The van der Waals surface area contributed by atoms with E-state index >= 15 is 0 Å². The van der Waals surface area contributed by atoms with Crippen molar-refractivity contribution in [3.8, 4) is 22.3 Å². The molecule has 1 aliphatic carbocycles. The van der Waals surface area contributed by atoms with Crippen LogP contribution in [0.5, 0.6) is 0 Å². The zero-order valence-electron chi connectivity index (χ0n) is 28.9. The maximum atomic E-state index is 14.4. The van der Waals surface area contributed by atoms with E-state index in [9.17, 15) is 29.1 Å². The summed E-state index contributed by atoms with van der Waals surface area (Å²) in [7, 11) is 0. The molecule has 0 spiro atoms. The van der Waals surface area contributed by atoms with E-state index in [1.54, 1.807) is 70.0 Å². The molecule has 3 amide bonds. The summed E-state index contributed by atoms with van der Waals surface area (Å²) >= 11 is 0. The van der Waals surface area contributed by atoms with Crippen LogP contribution in [0, 0.1) is 5.92 Å². The van der Waals surface area contributed by atoms with Gasteiger partial charge in [-0.25, -0.2) is 14.3 Å². The SMILES string of the molecule is CC(C)(C)OC(=O)N[C@H]1CCCCC/C=C\[C@@H]2C[C@@]2(C(=O)O)NC(=O)[C@@H]2C[C@H](n3ncc(-c4cccnc4)c(-c4cccnc4)c3=O)CN2C1=O. The van der Waals surface area contributed by atoms with Gasteiger partial charge in [0, 0.05) is 60.4 Å². The Labute approximate surface area is 295 Å². The number of aromatic nitrogens is 4. The van der Waals surface area contributed by atoms with Crippen LogP contribution < -0.4 is 16.2 Å². The first kappa shape index (κ1) is 35.4. The average Bonchev–Trinajstić information content (AvgIpc) is 3.61. The number of nitrogens with zero attached hydrogens (tertiary/aromatic N) is 5. The molecule has 3 aliphatic rings. The number of carboxylic acids is 1. The molecule has 6 rings (SSSR count). The third-order valence-corrected chi connectivity index (χ3v) is 9.60. The minimum absolute atomic E-state index is 0.0153. The first-order valence-electron chi connectivity index (χ1n) is 17.3. The van der Waals surface area contributed by atoms with Gasteiger partial charge in [-0.1, -0.05) is 37.1 Å². The predicted molar refractivity (Wildman–Crippen MR) is 186 cm³/mol. The van der Waals surface area contributed by atoms with Crippen LogP contribution in [0.1, 0.15) is 71.8 Å². The van der Waals surface area contributed by atoms with Crippen molar-refractivity contribution in [2.75, 3.05) is 6.54 Å². The smallest absolute Gasteiger partial charge is 0.408 e. The third-order valence-electron chi connectivity index (χ3n) is 9.60. The molecular weight excluding hydrogens is 654 g/mol. The molecule has 3 aromatic heterocycles. The van der Waals surface area contributed by atoms with Crippen LogP contribution in [-0.2, 0) is 19.1 Å². The molecule has 5 atom stereocenters. The number of rotatable bonds is 5. The average molecular weight is 698 g/mol. The van der Waals surface area contributed by atoms with E-state index in [0.717, 1.165) is 19.3 Å². The largest absolute Gasteiger partial charge is 0.479 e. The molecule has 2 aliphatic heterocycles. The molecule has 1 saturated carbocycles. The van der Waals surface area contributed by atoms with E-state index in [-0.39, 0.29) is 19.4 Å². The summed E-state index contributed by atoms with van der Waals surface area (Å²) in [6.07, 6.45) is 14.4. The highest BCUT2D eigenvalue weighted by Gasteiger charge is 2.61. The van der Waals surface area contributed by atoms with Crippen LogP contribution in [-0.4, -0.2) is 83.4 Å². The van der Waals surface area contributed by atoms with Crippen molar-refractivity contribution in [1.82, 2.24) is 35.3 Å². The number of carbonyl (C=O) groups is 4. The minimum Gasteiger partial charge on any atom is -0.479 e. The molecule has 1 saturated heterocycles. The van der Waals surface area contributed by atoms with Crippen molar-refractivity contribution in [2.24, 2.45) is 5.92 Å². The molecule has 5 heterocycles. The molecule has 14 nitrogen and oxygen atoms in total. The number of amides is 3. The third kappa shape index (κ3) is 7.69. The van der Waals surface area contributed by atoms with Gasteiger partial charge in [0.1, 0.15) is 23.2 Å². The number of ether oxygens (including phenoxy) is 1. The molecular formula is C37H43N7O7. The van der Waals surface area contributed by atoms with Crippen LogP contribution in [0.15, 0.2) is 72.2 Å². The van der Waals surface area contributed by atoms with Gasteiger partial charge in [-0.3, -0.25) is 24.4 Å². The Kier molecular flexibility index (Phi) is 10.0. The van der Waals surface area contributed by atoms with Gasteiger partial charge in [0.2, 0.25) is 11.8 Å². The number of aliphatic carboxylic acids is 1. The van der Waals surface area contributed by atoms with Gasteiger partial charge in [-0.05, 0) is 58.6 Å². The molecule has 3 N–H and O–H groups in total. The van der Waals surface area contributed by atoms with Crippen molar-refractivity contribution >= 4 is 23.9 Å². The number of fused-ring (bicyclic) bond motifs is 2. The van der Waals surface area contributed by atoms with Gasteiger partial charge >= 0.3 is 12.1 Å². The molecule has 2 fully saturated rings. The highest BCUT2D eigenvalue weighted by molar-refractivity contribution is 5.96. The quantitative estimate of drug-likeness (QED) is 0.331. The van der Waals surface area contributed by atoms with Crippen molar-refractivity contribution in [3.63, 3.8) is 0 Å². The normalized spacial score (nSPS) is 26.1. The first-order chi connectivity index (χ1) is 24.4. The Morgan fingerprint density at radius 1 is 1.02 bits per heavy atom. The lowest BCUT2D eigenvalue weighted by atomic mass is 9.99. The summed E-state index contributed by atoms with van der Waals surface area (Å²) < 4.78 is 6.75. The lowest BCUT2D eigenvalue weighted by molar-refractivity contribution is -0.145. The van der Waals surface area contributed by atoms with E-state index in [0.29, 0.717) is 35.1 Å². The monoisotopic (exact) mass is 697 g/mol. The fraction of sp³-hybridized carbons (Fsp3) is 0.459. The molecule has 51 heavy (non-hydrogen) atoms. The van der Waals surface area contributed by atoms with Gasteiger partial charge in [0.05, 0.1) is 17.8 Å². The highest BCUT2D eigenvalue weighted by atomic mass is 16.6. The Morgan fingerprint density at radius 3 is 2.41 bits per heavy atom. The maximum absolute atomic E-state index is 14.4. The number of nitrogens with one attached hydrogen (secondary N) is 2. The Bertz CT molecular complexity index is 1880. The number of carbonyl (C=O) groups excluding carboxylic acids is 3. The lowest BCUT2D eigenvalue weighted by Gasteiger charge is -2.30. The Hall–Kier alpha value is -5.40. The van der Waals surface area contributed by atoms with Gasteiger partial charge in [-0.2, -0.15) is 5.10 Å². The van der Waals surface area contributed by atoms with Crippen LogP contribution in [0.4, 0.5) is 4.79 Å². The van der Waals surface area contributed by atoms with Crippen molar-refractivity contribution in [1.29, 1.82) is 0 Å². The Morgan fingerprint density at radius 2 is 1.75 bits per heavy atom. The van der Waals surface area contributed by atoms with Crippen LogP contribution in [0.3, 0.4) is 0 Å². The second-order valence-electron chi connectivity index (χ2n) is 14.4. The molecule has 0 unspecified atom stereocenters.